The molecule has 1 fully saturated rings. The Hall–Kier alpha value is -1.95. The molecule has 20 heavy (non-hydrogen) atoms. The van der Waals surface area contributed by atoms with E-state index in [0.29, 0.717) is 17.8 Å². The Bertz CT molecular complexity index is 591. The van der Waals surface area contributed by atoms with Crippen molar-refractivity contribution in [3.63, 3.8) is 0 Å². The van der Waals surface area contributed by atoms with Gasteiger partial charge < -0.3 is 10.1 Å². The molecular weight excluding hydrogens is 254 g/mol. The fourth-order valence-corrected chi connectivity index (χ4v) is 1.91. The second-order valence-electron chi connectivity index (χ2n) is 5.05. The molecular formula is C14H19N5O. The quantitative estimate of drug-likeness (QED) is 0.872. The minimum atomic E-state index is 0.369. The summed E-state index contributed by atoms with van der Waals surface area (Å²) in [4.78, 5) is 8.65. The lowest BCUT2D eigenvalue weighted by Gasteiger charge is -2.07. The Morgan fingerprint density at radius 1 is 1.40 bits per heavy atom. The van der Waals surface area contributed by atoms with Gasteiger partial charge in [0.25, 0.3) is 0 Å². The van der Waals surface area contributed by atoms with Crippen LogP contribution in [0.4, 0.5) is 0 Å². The van der Waals surface area contributed by atoms with E-state index >= 15 is 0 Å². The Labute approximate surface area is 118 Å². The standard InChI is InChI=1S/C14H19N5O/c1-3-19-9-13(8-17-19)20-14-16-7-11(10(2)18-14)6-15-12-4-5-12/h7-9,12,15H,3-6H2,1-2H3. The van der Waals surface area contributed by atoms with Gasteiger partial charge in [-0.1, -0.05) is 0 Å². The minimum Gasteiger partial charge on any atom is -0.421 e. The first-order valence-corrected chi connectivity index (χ1v) is 7.01. The molecule has 0 spiro atoms. The molecule has 0 aromatic carbocycles. The maximum Gasteiger partial charge on any atom is 0.322 e. The highest BCUT2D eigenvalue weighted by atomic mass is 16.5. The van der Waals surface area contributed by atoms with Gasteiger partial charge in [0.2, 0.25) is 0 Å². The molecule has 0 atom stereocenters. The van der Waals surface area contributed by atoms with Gasteiger partial charge in [0, 0.05) is 36.6 Å². The lowest BCUT2D eigenvalue weighted by Crippen LogP contribution is -2.16. The summed E-state index contributed by atoms with van der Waals surface area (Å²) in [6.07, 6.45) is 7.90. The number of rotatable bonds is 6. The van der Waals surface area contributed by atoms with E-state index in [0.717, 1.165) is 24.3 Å². The van der Waals surface area contributed by atoms with E-state index < -0.39 is 0 Å². The van der Waals surface area contributed by atoms with Crippen molar-refractivity contribution in [2.75, 3.05) is 0 Å². The first kappa shape index (κ1) is 13.1. The number of hydrogen-bond acceptors (Lipinski definition) is 5. The molecule has 0 aliphatic heterocycles. The second kappa shape index (κ2) is 5.58. The van der Waals surface area contributed by atoms with Crippen LogP contribution in [0.1, 0.15) is 31.0 Å². The van der Waals surface area contributed by atoms with E-state index in [-0.39, 0.29) is 0 Å². The zero-order valence-corrected chi connectivity index (χ0v) is 11.8. The number of nitrogens with zero attached hydrogens (tertiary/aromatic N) is 4. The molecule has 106 valence electrons. The van der Waals surface area contributed by atoms with Gasteiger partial charge >= 0.3 is 6.01 Å². The fraction of sp³-hybridized carbons (Fsp3) is 0.500. The molecule has 0 bridgehead atoms. The van der Waals surface area contributed by atoms with E-state index in [9.17, 15) is 0 Å². The molecule has 6 nitrogen and oxygen atoms in total. The molecule has 2 heterocycles. The summed E-state index contributed by atoms with van der Waals surface area (Å²) in [5.74, 6) is 0.662. The van der Waals surface area contributed by atoms with Gasteiger partial charge in [0.1, 0.15) is 0 Å². The zero-order chi connectivity index (χ0) is 13.9. The van der Waals surface area contributed by atoms with Crippen molar-refractivity contribution in [2.24, 2.45) is 0 Å². The van der Waals surface area contributed by atoms with E-state index in [2.05, 4.69) is 20.4 Å². The van der Waals surface area contributed by atoms with Crippen LogP contribution in [0.5, 0.6) is 11.8 Å². The van der Waals surface area contributed by atoms with Crippen LogP contribution in [0, 0.1) is 6.92 Å². The Morgan fingerprint density at radius 3 is 2.90 bits per heavy atom. The molecule has 0 radical (unpaired) electrons. The third kappa shape index (κ3) is 3.14. The van der Waals surface area contributed by atoms with Gasteiger partial charge in [-0.2, -0.15) is 10.1 Å². The van der Waals surface area contributed by atoms with Crippen LogP contribution in [-0.4, -0.2) is 25.8 Å². The lowest BCUT2D eigenvalue weighted by molar-refractivity contribution is 0.438. The van der Waals surface area contributed by atoms with Gasteiger partial charge in [-0.25, -0.2) is 4.98 Å². The summed E-state index contributed by atoms with van der Waals surface area (Å²) in [7, 11) is 0. The minimum absolute atomic E-state index is 0.369. The average molecular weight is 273 g/mol. The number of aryl methyl sites for hydroxylation is 2. The first-order valence-electron chi connectivity index (χ1n) is 7.01. The highest BCUT2D eigenvalue weighted by Crippen LogP contribution is 2.21. The van der Waals surface area contributed by atoms with Crippen LogP contribution < -0.4 is 10.1 Å². The molecule has 2 aromatic rings. The van der Waals surface area contributed by atoms with E-state index in [1.807, 2.05) is 26.2 Å². The Balaban J connectivity index is 1.65. The first-order chi connectivity index (χ1) is 9.74. The van der Waals surface area contributed by atoms with Gasteiger partial charge in [-0.3, -0.25) is 4.68 Å². The van der Waals surface area contributed by atoms with E-state index in [1.165, 1.54) is 12.8 Å². The molecule has 1 N–H and O–H groups in total. The third-order valence-electron chi connectivity index (χ3n) is 3.36. The maximum absolute atomic E-state index is 5.61. The van der Waals surface area contributed by atoms with Gasteiger partial charge in [-0.15, -0.1) is 0 Å². The van der Waals surface area contributed by atoms with Crippen molar-refractivity contribution in [3.8, 4) is 11.8 Å². The van der Waals surface area contributed by atoms with Crippen molar-refractivity contribution in [1.82, 2.24) is 25.1 Å². The maximum atomic E-state index is 5.61. The van der Waals surface area contributed by atoms with Crippen molar-refractivity contribution in [3.05, 3.63) is 29.8 Å². The number of hydrogen-bond donors (Lipinski definition) is 1. The normalized spacial score (nSPS) is 14.5. The molecule has 0 amide bonds. The highest BCUT2D eigenvalue weighted by Gasteiger charge is 2.20. The fourth-order valence-electron chi connectivity index (χ4n) is 1.91. The van der Waals surface area contributed by atoms with Crippen molar-refractivity contribution in [2.45, 2.75) is 45.8 Å². The topological polar surface area (TPSA) is 64.9 Å². The van der Waals surface area contributed by atoms with Gasteiger partial charge in [0.15, 0.2) is 5.75 Å². The van der Waals surface area contributed by atoms with Crippen molar-refractivity contribution in [1.29, 1.82) is 0 Å². The average Bonchev–Trinajstić information content (AvgIpc) is 3.16. The van der Waals surface area contributed by atoms with Crippen LogP contribution in [-0.2, 0) is 13.1 Å². The number of aromatic nitrogens is 4. The summed E-state index contributed by atoms with van der Waals surface area (Å²) in [5, 5.41) is 7.61. The van der Waals surface area contributed by atoms with Crippen LogP contribution in [0.25, 0.3) is 0 Å². The molecule has 2 aromatic heterocycles. The molecule has 1 saturated carbocycles. The summed E-state index contributed by atoms with van der Waals surface area (Å²) >= 11 is 0. The molecule has 3 rings (SSSR count). The molecule has 1 aliphatic carbocycles. The highest BCUT2D eigenvalue weighted by molar-refractivity contribution is 5.21. The predicted molar refractivity (Wildman–Crippen MR) is 74.6 cm³/mol. The summed E-state index contributed by atoms with van der Waals surface area (Å²) in [5.41, 5.74) is 2.07. The molecule has 0 saturated heterocycles. The molecule has 6 heteroatoms. The predicted octanol–water partition coefficient (Wildman–Crippen LogP) is 2.05. The third-order valence-corrected chi connectivity index (χ3v) is 3.36. The van der Waals surface area contributed by atoms with Crippen molar-refractivity contribution >= 4 is 0 Å². The number of ether oxygens (including phenoxy) is 1. The molecule has 1 aliphatic rings. The SMILES string of the molecule is CCn1cc(Oc2ncc(CNC3CC3)c(C)n2)cn1. The summed E-state index contributed by atoms with van der Waals surface area (Å²) < 4.78 is 7.41. The van der Waals surface area contributed by atoms with Gasteiger partial charge in [0.05, 0.1) is 12.4 Å². The van der Waals surface area contributed by atoms with Crippen LogP contribution in [0.15, 0.2) is 18.6 Å². The van der Waals surface area contributed by atoms with E-state index in [4.69, 9.17) is 4.74 Å². The van der Waals surface area contributed by atoms with Gasteiger partial charge in [-0.05, 0) is 26.7 Å². The molecule has 0 unspecified atom stereocenters. The van der Waals surface area contributed by atoms with Crippen LogP contribution >= 0.6 is 0 Å². The Kier molecular flexibility index (Phi) is 3.64. The largest absolute Gasteiger partial charge is 0.421 e. The van der Waals surface area contributed by atoms with Crippen molar-refractivity contribution < 1.29 is 4.74 Å². The van der Waals surface area contributed by atoms with Crippen LogP contribution in [0.2, 0.25) is 0 Å². The zero-order valence-electron chi connectivity index (χ0n) is 11.8. The summed E-state index contributed by atoms with van der Waals surface area (Å²) in [6, 6.07) is 1.05. The number of nitrogens with one attached hydrogen (secondary N) is 1. The monoisotopic (exact) mass is 273 g/mol. The Morgan fingerprint density at radius 2 is 2.25 bits per heavy atom. The lowest BCUT2D eigenvalue weighted by atomic mass is 10.2. The second-order valence-corrected chi connectivity index (χ2v) is 5.05. The smallest absolute Gasteiger partial charge is 0.322 e. The summed E-state index contributed by atoms with van der Waals surface area (Å²) in [6.45, 7) is 5.65. The van der Waals surface area contributed by atoms with Crippen LogP contribution in [0.3, 0.4) is 0 Å². The van der Waals surface area contributed by atoms with E-state index in [1.54, 1.807) is 10.9 Å².